The van der Waals surface area contributed by atoms with Crippen molar-refractivity contribution in [2.24, 2.45) is 0 Å². The van der Waals surface area contributed by atoms with Gasteiger partial charge in [-0.25, -0.2) is 0 Å². The molecule has 0 bridgehead atoms. The third-order valence-corrected chi connectivity index (χ3v) is 7.73. The molecule has 1 aliphatic rings. The number of para-hydroxylation sites is 2. The van der Waals surface area contributed by atoms with Crippen LogP contribution in [-0.2, 0) is 0 Å². The Morgan fingerprint density at radius 1 is 0.917 bits per heavy atom. The van der Waals surface area contributed by atoms with Crippen LogP contribution >= 0.6 is 11.3 Å². The number of benzene rings is 2. The van der Waals surface area contributed by atoms with E-state index in [1.54, 1.807) is 10.6 Å². The predicted octanol–water partition coefficient (Wildman–Crippen LogP) is 4.16. The maximum atomic E-state index is 13.4. The highest BCUT2D eigenvalue weighted by atomic mass is 32.1. The number of anilines is 2. The van der Waals surface area contributed by atoms with Gasteiger partial charge in [-0.1, -0.05) is 36.4 Å². The predicted molar refractivity (Wildman–Crippen MR) is 148 cm³/mol. The van der Waals surface area contributed by atoms with E-state index in [9.17, 15) is 9.59 Å². The number of fused-ring (bicyclic) bond motifs is 1. The number of aromatic nitrogens is 1. The molecule has 3 heterocycles. The van der Waals surface area contributed by atoms with Crippen molar-refractivity contribution in [3.05, 3.63) is 88.0 Å². The van der Waals surface area contributed by atoms with Gasteiger partial charge < -0.3 is 20.4 Å². The summed E-state index contributed by atoms with van der Waals surface area (Å²) in [5.41, 5.74) is 2.27. The fourth-order valence-electron chi connectivity index (χ4n) is 4.51. The molecule has 5 rings (SSSR count). The Morgan fingerprint density at radius 2 is 1.61 bits per heavy atom. The number of nitrogens with zero attached hydrogens (tertiary/aromatic N) is 3. The number of nitrogens with one attached hydrogen (secondary N) is 2. The smallest absolute Gasteiger partial charge is 0.263 e. The quantitative estimate of drug-likeness (QED) is 0.355. The SMILES string of the molecule is CN1CCN(CCCNC(=O)c2sc3c(ccc(=O)n3-c3ccccc3)c2Nc2ccccc2)CC1. The van der Waals surface area contributed by atoms with Gasteiger partial charge in [-0.2, -0.15) is 0 Å². The van der Waals surface area contributed by atoms with Crippen LogP contribution in [0.4, 0.5) is 11.4 Å². The molecule has 1 saturated heterocycles. The molecule has 0 atom stereocenters. The van der Waals surface area contributed by atoms with Crippen LogP contribution < -0.4 is 16.2 Å². The maximum absolute atomic E-state index is 13.4. The van der Waals surface area contributed by atoms with Gasteiger partial charge in [0.05, 0.1) is 11.4 Å². The third kappa shape index (κ3) is 5.36. The van der Waals surface area contributed by atoms with Crippen LogP contribution in [0, 0.1) is 0 Å². The Kier molecular flexibility index (Phi) is 7.46. The molecule has 36 heavy (non-hydrogen) atoms. The van der Waals surface area contributed by atoms with E-state index in [-0.39, 0.29) is 11.5 Å². The number of amides is 1. The number of thiophene rings is 1. The van der Waals surface area contributed by atoms with Crippen LogP contribution in [0.25, 0.3) is 15.9 Å². The number of hydrogen-bond acceptors (Lipinski definition) is 6. The maximum Gasteiger partial charge on any atom is 0.263 e. The minimum atomic E-state index is -0.125. The van der Waals surface area contributed by atoms with Gasteiger partial charge in [0.25, 0.3) is 11.5 Å². The van der Waals surface area contributed by atoms with Crippen molar-refractivity contribution in [3.63, 3.8) is 0 Å². The van der Waals surface area contributed by atoms with E-state index in [2.05, 4.69) is 27.5 Å². The summed E-state index contributed by atoms with van der Waals surface area (Å²) in [5, 5.41) is 7.40. The molecule has 0 saturated carbocycles. The molecule has 4 aromatic rings. The molecular weight excluding hydrogens is 470 g/mol. The van der Waals surface area contributed by atoms with E-state index in [0.717, 1.165) is 66.4 Å². The van der Waals surface area contributed by atoms with Crippen LogP contribution in [0.5, 0.6) is 0 Å². The first-order valence-electron chi connectivity index (χ1n) is 12.4. The van der Waals surface area contributed by atoms with Crippen LogP contribution in [0.1, 0.15) is 16.1 Å². The lowest BCUT2D eigenvalue weighted by atomic mass is 10.2. The number of pyridine rings is 1. The normalized spacial score (nSPS) is 14.7. The second-order valence-corrected chi connectivity index (χ2v) is 10.1. The van der Waals surface area contributed by atoms with Crippen molar-refractivity contribution in [1.82, 2.24) is 19.7 Å². The van der Waals surface area contributed by atoms with E-state index in [1.165, 1.54) is 11.3 Å². The second-order valence-electron chi connectivity index (χ2n) is 9.11. The first-order valence-corrected chi connectivity index (χ1v) is 13.2. The molecule has 8 heteroatoms. The minimum absolute atomic E-state index is 0.125. The van der Waals surface area contributed by atoms with Crippen molar-refractivity contribution >= 4 is 38.8 Å². The van der Waals surface area contributed by atoms with Crippen molar-refractivity contribution in [2.45, 2.75) is 6.42 Å². The average Bonchev–Trinajstić information content (AvgIpc) is 3.26. The van der Waals surface area contributed by atoms with E-state index in [0.29, 0.717) is 11.4 Å². The first-order chi connectivity index (χ1) is 17.6. The Balaban J connectivity index is 1.42. The molecule has 0 aliphatic carbocycles. The summed E-state index contributed by atoms with van der Waals surface area (Å²) in [6, 6.07) is 22.7. The first kappa shape index (κ1) is 24.2. The number of carbonyl (C=O) groups excluding carboxylic acids is 1. The highest BCUT2D eigenvalue weighted by Crippen LogP contribution is 2.37. The van der Waals surface area contributed by atoms with Gasteiger partial charge in [-0.3, -0.25) is 14.2 Å². The topological polar surface area (TPSA) is 69.6 Å². The number of carbonyl (C=O) groups is 1. The molecule has 1 amide bonds. The van der Waals surface area contributed by atoms with Gasteiger partial charge in [0.15, 0.2) is 0 Å². The molecule has 7 nitrogen and oxygen atoms in total. The molecule has 1 fully saturated rings. The zero-order valence-corrected chi connectivity index (χ0v) is 21.3. The number of hydrogen-bond donors (Lipinski definition) is 2. The second kappa shape index (κ2) is 11.1. The van der Waals surface area contributed by atoms with Crippen LogP contribution in [0.15, 0.2) is 77.6 Å². The van der Waals surface area contributed by atoms with Crippen molar-refractivity contribution in [1.29, 1.82) is 0 Å². The molecule has 0 unspecified atom stereocenters. The minimum Gasteiger partial charge on any atom is -0.354 e. The summed E-state index contributed by atoms with van der Waals surface area (Å²) in [6.45, 7) is 5.91. The molecule has 2 aromatic carbocycles. The Morgan fingerprint density at radius 3 is 2.33 bits per heavy atom. The summed E-state index contributed by atoms with van der Waals surface area (Å²) in [4.78, 5) is 32.4. The zero-order chi connectivity index (χ0) is 24.9. The Labute approximate surface area is 215 Å². The van der Waals surface area contributed by atoms with Crippen LogP contribution in [-0.4, -0.2) is 66.6 Å². The largest absolute Gasteiger partial charge is 0.354 e. The van der Waals surface area contributed by atoms with Gasteiger partial charge >= 0.3 is 0 Å². The van der Waals surface area contributed by atoms with Crippen LogP contribution in [0.2, 0.25) is 0 Å². The zero-order valence-electron chi connectivity index (χ0n) is 20.4. The van der Waals surface area contributed by atoms with Crippen molar-refractivity contribution < 1.29 is 4.79 Å². The summed E-state index contributed by atoms with van der Waals surface area (Å²) < 4.78 is 1.68. The molecule has 0 radical (unpaired) electrons. The van der Waals surface area contributed by atoms with Crippen molar-refractivity contribution in [2.75, 3.05) is 51.6 Å². The number of likely N-dealkylation sites (N-methyl/N-ethyl adjacent to an activating group) is 1. The lowest BCUT2D eigenvalue weighted by molar-refractivity contribution is 0.0954. The number of rotatable bonds is 8. The summed E-state index contributed by atoms with van der Waals surface area (Å²) in [7, 11) is 2.15. The Bertz CT molecular complexity index is 1380. The van der Waals surface area contributed by atoms with E-state index >= 15 is 0 Å². The Hall–Kier alpha value is -3.46. The highest BCUT2D eigenvalue weighted by molar-refractivity contribution is 7.21. The van der Waals surface area contributed by atoms with Crippen molar-refractivity contribution in [3.8, 4) is 5.69 Å². The molecule has 186 valence electrons. The fourth-order valence-corrected chi connectivity index (χ4v) is 5.70. The molecular formula is C28H31N5O2S. The third-order valence-electron chi connectivity index (χ3n) is 6.54. The summed E-state index contributed by atoms with van der Waals surface area (Å²) in [6.07, 6.45) is 0.899. The lowest BCUT2D eigenvalue weighted by Gasteiger charge is -2.32. The number of piperazine rings is 1. The van der Waals surface area contributed by atoms with Gasteiger partial charge in [0.1, 0.15) is 9.71 Å². The van der Waals surface area contributed by atoms with E-state index < -0.39 is 0 Å². The standard InChI is InChI=1S/C28H31N5O2S/c1-31-17-19-32(20-18-31)16-8-15-29-27(35)26-25(30-21-9-4-2-5-10-21)23-13-14-24(34)33(28(23)36-26)22-11-6-3-7-12-22/h2-7,9-14,30H,8,15-20H2,1H3,(H,29,35). The average molecular weight is 502 g/mol. The van der Waals surface area contributed by atoms with Gasteiger partial charge in [-0.15, -0.1) is 11.3 Å². The van der Waals surface area contributed by atoms with Gasteiger partial charge in [0.2, 0.25) is 0 Å². The molecule has 2 aromatic heterocycles. The van der Waals surface area contributed by atoms with E-state index in [4.69, 9.17) is 0 Å². The molecule has 1 aliphatic heterocycles. The fraction of sp³-hybridized carbons (Fsp3) is 0.286. The summed E-state index contributed by atoms with van der Waals surface area (Å²) in [5.74, 6) is -0.125. The highest BCUT2D eigenvalue weighted by Gasteiger charge is 2.22. The van der Waals surface area contributed by atoms with Gasteiger partial charge in [-0.05, 0) is 50.3 Å². The molecule has 0 spiro atoms. The van der Waals surface area contributed by atoms with Crippen LogP contribution in [0.3, 0.4) is 0 Å². The summed E-state index contributed by atoms with van der Waals surface area (Å²) >= 11 is 1.35. The monoisotopic (exact) mass is 501 g/mol. The molecule has 2 N–H and O–H groups in total. The van der Waals surface area contributed by atoms with E-state index in [1.807, 2.05) is 66.7 Å². The lowest BCUT2D eigenvalue weighted by Crippen LogP contribution is -2.45. The van der Waals surface area contributed by atoms with Gasteiger partial charge in [0, 0.05) is 49.9 Å².